The number of nitrogens with zero attached hydrogens (tertiary/aromatic N) is 1. The Balaban J connectivity index is 1.82. The molecule has 1 heterocycles. The second-order valence-electron chi connectivity index (χ2n) is 5.46. The van der Waals surface area contributed by atoms with Gasteiger partial charge in [0.25, 0.3) is 0 Å². The third kappa shape index (κ3) is 2.61. The number of carboxylic acid groups (broad SMARTS) is 1. The van der Waals surface area contributed by atoms with E-state index in [1.807, 2.05) is 12.1 Å². The number of H-pyrrole nitrogens is 1. The lowest BCUT2D eigenvalue weighted by Gasteiger charge is -2.27. The maximum Gasteiger partial charge on any atom is 0.307 e. The zero-order valence-corrected chi connectivity index (χ0v) is 11.5. The first-order valence-electron chi connectivity index (χ1n) is 7.12. The van der Waals surface area contributed by atoms with E-state index in [-0.39, 0.29) is 5.91 Å². The highest BCUT2D eigenvalue weighted by Gasteiger charge is 2.35. The molecule has 2 atom stereocenters. The number of fused-ring (bicyclic) bond motifs is 1. The lowest BCUT2D eigenvalue weighted by Crippen LogP contribution is -2.36. The van der Waals surface area contributed by atoms with E-state index in [2.05, 4.69) is 15.5 Å². The highest BCUT2D eigenvalue weighted by atomic mass is 16.4. The fourth-order valence-corrected chi connectivity index (χ4v) is 3.04. The fraction of sp³-hybridized carbons (Fsp3) is 0.400. The van der Waals surface area contributed by atoms with E-state index in [1.54, 1.807) is 12.3 Å². The molecule has 0 bridgehead atoms. The number of hydrogen-bond donors (Lipinski definition) is 3. The molecule has 0 aliphatic heterocycles. The Morgan fingerprint density at radius 2 is 2.00 bits per heavy atom. The van der Waals surface area contributed by atoms with Gasteiger partial charge in [0.15, 0.2) is 0 Å². The number of benzene rings is 1. The monoisotopic (exact) mass is 287 g/mol. The molecule has 21 heavy (non-hydrogen) atoms. The predicted octanol–water partition coefficient (Wildman–Crippen LogP) is 2.39. The Hall–Kier alpha value is -2.37. The van der Waals surface area contributed by atoms with Gasteiger partial charge in [-0.1, -0.05) is 25.0 Å². The number of anilines is 1. The van der Waals surface area contributed by atoms with Crippen LogP contribution in [0.5, 0.6) is 0 Å². The number of aromatic amines is 1. The molecule has 1 amide bonds. The summed E-state index contributed by atoms with van der Waals surface area (Å²) in [6, 6.07) is 5.52. The molecule has 110 valence electrons. The summed E-state index contributed by atoms with van der Waals surface area (Å²) in [4.78, 5) is 23.7. The Labute approximate surface area is 121 Å². The van der Waals surface area contributed by atoms with Gasteiger partial charge in [-0.05, 0) is 18.9 Å². The summed E-state index contributed by atoms with van der Waals surface area (Å²) < 4.78 is 0. The van der Waals surface area contributed by atoms with Crippen molar-refractivity contribution in [3.05, 3.63) is 24.4 Å². The van der Waals surface area contributed by atoms with Crippen LogP contribution in [0.25, 0.3) is 10.9 Å². The molecule has 3 N–H and O–H groups in total. The molecule has 0 spiro atoms. The Bertz CT molecular complexity index is 680. The van der Waals surface area contributed by atoms with Crippen LogP contribution in [0.1, 0.15) is 25.7 Å². The number of carboxylic acids is 1. The van der Waals surface area contributed by atoms with E-state index in [0.717, 1.165) is 23.7 Å². The van der Waals surface area contributed by atoms with Crippen molar-refractivity contribution in [2.45, 2.75) is 25.7 Å². The molecule has 1 fully saturated rings. The first kappa shape index (κ1) is 13.6. The quantitative estimate of drug-likeness (QED) is 0.807. The number of para-hydroxylation sites is 1. The van der Waals surface area contributed by atoms with Gasteiger partial charge in [-0.3, -0.25) is 14.7 Å². The first-order chi connectivity index (χ1) is 10.2. The Kier molecular flexibility index (Phi) is 3.60. The molecule has 1 aromatic heterocycles. The molecular formula is C15H17N3O3. The SMILES string of the molecule is O=C(O)C1CCCCC1C(=O)Nc1cccc2cn[nH]c12. The smallest absolute Gasteiger partial charge is 0.307 e. The topological polar surface area (TPSA) is 95.1 Å². The third-order valence-corrected chi connectivity index (χ3v) is 4.15. The molecule has 3 rings (SSSR count). The Morgan fingerprint density at radius 3 is 2.76 bits per heavy atom. The summed E-state index contributed by atoms with van der Waals surface area (Å²) >= 11 is 0. The minimum Gasteiger partial charge on any atom is -0.481 e. The standard InChI is InChI=1S/C15H17N3O3/c19-14(10-5-1-2-6-11(10)15(20)21)17-12-7-3-4-9-8-16-18-13(9)12/h3-4,7-8,10-11H,1-2,5-6H2,(H,16,18)(H,17,19)(H,20,21). The van der Waals surface area contributed by atoms with E-state index in [9.17, 15) is 14.7 Å². The van der Waals surface area contributed by atoms with Crippen LogP contribution in [0.3, 0.4) is 0 Å². The van der Waals surface area contributed by atoms with Crippen LogP contribution in [0.2, 0.25) is 0 Å². The normalized spacial score (nSPS) is 22.1. The van der Waals surface area contributed by atoms with Gasteiger partial charge in [0.1, 0.15) is 0 Å². The summed E-state index contributed by atoms with van der Waals surface area (Å²) in [5.74, 6) is -2.15. The second kappa shape index (κ2) is 5.55. The summed E-state index contributed by atoms with van der Waals surface area (Å²) in [6.07, 6.45) is 4.65. The summed E-state index contributed by atoms with van der Waals surface area (Å²) in [6.45, 7) is 0. The number of carbonyl (C=O) groups is 2. The number of aliphatic carboxylic acids is 1. The zero-order valence-electron chi connectivity index (χ0n) is 11.5. The number of amides is 1. The maximum absolute atomic E-state index is 12.4. The van der Waals surface area contributed by atoms with Crippen molar-refractivity contribution in [1.82, 2.24) is 10.2 Å². The molecule has 1 aliphatic carbocycles. The average molecular weight is 287 g/mol. The van der Waals surface area contributed by atoms with Gasteiger partial charge >= 0.3 is 5.97 Å². The molecule has 6 heteroatoms. The lowest BCUT2D eigenvalue weighted by molar-refractivity contribution is -0.147. The van der Waals surface area contributed by atoms with Gasteiger partial charge in [0.2, 0.25) is 5.91 Å². The van der Waals surface area contributed by atoms with Crippen molar-refractivity contribution < 1.29 is 14.7 Å². The molecule has 1 aromatic carbocycles. The van der Waals surface area contributed by atoms with E-state index < -0.39 is 17.8 Å². The van der Waals surface area contributed by atoms with E-state index in [0.29, 0.717) is 18.5 Å². The summed E-state index contributed by atoms with van der Waals surface area (Å²) in [5, 5.41) is 19.8. The van der Waals surface area contributed by atoms with E-state index in [4.69, 9.17) is 0 Å². The van der Waals surface area contributed by atoms with E-state index in [1.165, 1.54) is 0 Å². The molecule has 0 saturated heterocycles. The van der Waals surface area contributed by atoms with Gasteiger partial charge in [0, 0.05) is 5.39 Å². The minimum absolute atomic E-state index is 0.218. The zero-order chi connectivity index (χ0) is 14.8. The van der Waals surface area contributed by atoms with Crippen molar-refractivity contribution in [3.63, 3.8) is 0 Å². The van der Waals surface area contributed by atoms with Crippen molar-refractivity contribution in [3.8, 4) is 0 Å². The Morgan fingerprint density at radius 1 is 1.24 bits per heavy atom. The molecule has 1 saturated carbocycles. The van der Waals surface area contributed by atoms with Crippen LogP contribution >= 0.6 is 0 Å². The van der Waals surface area contributed by atoms with Crippen molar-refractivity contribution in [2.24, 2.45) is 11.8 Å². The van der Waals surface area contributed by atoms with Crippen molar-refractivity contribution in [2.75, 3.05) is 5.32 Å². The molecule has 2 unspecified atom stereocenters. The largest absolute Gasteiger partial charge is 0.481 e. The molecule has 0 radical (unpaired) electrons. The molecule has 1 aliphatic rings. The number of aromatic nitrogens is 2. The lowest BCUT2D eigenvalue weighted by atomic mass is 9.78. The van der Waals surface area contributed by atoms with Gasteiger partial charge in [-0.2, -0.15) is 5.10 Å². The maximum atomic E-state index is 12.4. The van der Waals surface area contributed by atoms with Gasteiger partial charge in [-0.15, -0.1) is 0 Å². The minimum atomic E-state index is -0.880. The number of carbonyl (C=O) groups excluding carboxylic acids is 1. The van der Waals surface area contributed by atoms with Crippen LogP contribution < -0.4 is 5.32 Å². The average Bonchev–Trinajstić information content (AvgIpc) is 2.96. The van der Waals surface area contributed by atoms with Gasteiger partial charge < -0.3 is 10.4 Å². The summed E-state index contributed by atoms with van der Waals surface area (Å²) in [7, 11) is 0. The van der Waals surface area contributed by atoms with E-state index >= 15 is 0 Å². The van der Waals surface area contributed by atoms with Crippen LogP contribution in [0.15, 0.2) is 24.4 Å². The van der Waals surface area contributed by atoms with Crippen LogP contribution in [-0.2, 0) is 9.59 Å². The number of rotatable bonds is 3. The highest BCUT2D eigenvalue weighted by molar-refractivity contribution is 6.02. The van der Waals surface area contributed by atoms with Gasteiger partial charge in [-0.25, -0.2) is 0 Å². The molecular weight excluding hydrogens is 270 g/mol. The summed E-state index contributed by atoms with van der Waals surface area (Å²) in [5.41, 5.74) is 1.40. The number of nitrogens with one attached hydrogen (secondary N) is 2. The van der Waals surface area contributed by atoms with Crippen molar-refractivity contribution in [1.29, 1.82) is 0 Å². The second-order valence-corrected chi connectivity index (χ2v) is 5.46. The predicted molar refractivity (Wildman–Crippen MR) is 77.8 cm³/mol. The number of hydrogen-bond acceptors (Lipinski definition) is 3. The highest BCUT2D eigenvalue weighted by Crippen LogP contribution is 2.32. The van der Waals surface area contributed by atoms with Crippen LogP contribution in [0.4, 0.5) is 5.69 Å². The third-order valence-electron chi connectivity index (χ3n) is 4.15. The van der Waals surface area contributed by atoms with Crippen LogP contribution in [0, 0.1) is 11.8 Å². The van der Waals surface area contributed by atoms with Crippen LogP contribution in [-0.4, -0.2) is 27.2 Å². The van der Waals surface area contributed by atoms with Gasteiger partial charge in [0.05, 0.1) is 29.2 Å². The fourth-order valence-electron chi connectivity index (χ4n) is 3.04. The first-order valence-corrected chi connectivity index (χ1v) is 7.12. The van der Waals surface area contributed by atoms with Crippen molar-refractivity contribution >= 4 is 28.5 Å². The molecule has 6 nitrogen and oxygen atoms in total. The molecule has 2 aromatic rings.